The molecule has 0 saturated carbocycles. The molecular formula is C22H25N5O2. The molecule has 1 N–H and O–H groups in total. The van der Waals surface area contributed by atoms with Crippen LogP contribution in [0.3, 0.4) is 0 Å². The molecule has 1 aromatic heterocycles. The molecule has 3 aromatic rings. The number of rotatable bonds is 3. The lowest BCUT2D eigenvalue weighted by molar-refractivity contribution is 0.208. The highest BCUT2D eigenvalue weighted by Crippen LogP contribution is 2.25. The smallest absolute Gasteiger partial charge is 0.323 e. The molecule has 7 nitrogen and oxygen atoms in total. The van der Waals surface area contributed by atoms with Gasteiger partial charge in [-0.1, -0.05) is 24.3 Å². The highest BCUT2D eigenvalue weighted by molar-refractivity contribution is 5.91. The van der Waals surface area contributed by atoms with Crippen LogP contribution >= 0.6 is 0 Å². The minimum Gasteiger partial charge on any atom is -0.478 e. The number of methoxy groups -OCH3 is 1. The number of carbonyl (C=O) groups excluding carboxylic acids is 1. The third-order valence-electron chi connectivity index (χ3n) is 5.23. The molecule has 0 atom stereocenters. The summed E-state index contributed by atoms with van der Waals surface area (Å²) in [5.41, 5.74) is 5.02. The van der Waals surface area contributed by atoms with Gasteiger partial charge in [-0.25, -0.2) is 14.8 Å². The number of nitrogens with one attached hydrogen (secondary N) is 1. The van der Waals surface area contributed by atoms with E-state index in [0.717, 1.165) is 29.7 Å². The maximum Gasteiger partial charge on any atom is 0.323 e. The molecule has 0 bridgehead atoms. The molecule has 1 aliphatic heterocycles. The van der Waals surface area contributed by atoms with Crippen molar-refractivity contribution in [3.63, 3.8) is 0 Å². The summed E-state index contributed by atoms with van der Waals surface area (Å²) in [6.07, 6.45) is 0. The van der Waals surface area contributed by atoms with E-state index in [-0.39, 0.29) is 6.03 Å². The average molecular weight is 391 g/mol. The fourth-order valence-corrected chi connectivity index (χ4v) is 3.62. The van der Waals surface area contributed by atoms with Gasteiger partial charge in [0.15, 0.2) is 5.82 Å². The van der Waals surface area contributed by atoms with Crippen molar-refractivity contribution in [2.24, 2.45) is 0 Å². The van der Waals surface area contributed by atoms with Gasteiger partial charge in [0, 0.05) is 31.9 Å². The van der Waals surface area contributed by atoms with Crippen molar-refractivity contribution in [3.05, 3.63) is 53.6 Å². The molecule has 0 spiro atoms. The molecule has 4 rings (SSSR count). The van der Waals surface area contributed by atoms with Gasteiger partial charge in [-0.2, -0.15) is 0 Å². The second kappa shape index (κ2) is 7.95. The summed E-state index contributed by atoms with van der Waals surface area (Å²) < 4.78 is 5.34. The number of benzene rings is 2. The molecule has 0 unspecified atom stereocenters. The minimum atomic E-state index is -0.186. The molecule has 2 aromatic carbocycles. The number of fused-ring (bicyclic) bond motifs is 1. The molecule has 7 heteroatoms. The average Bonchev–Trinajstić information content (AvgIpc) is 2.73. The number of hydrogen-bond acceptors (Lipinski definition) is 5. The highest BCUT2D eigenvalue weighted by atomic mass is 16.5. The Morgan fingerprint density at radius 3 is 2.48 bits per heavy atom. The highest BCUT2D eigenvalue weighted by Gasteiger charge is 2.23. The minimum absolute atomic E-state index is 0.186. The van der Waals surface area contributed by atoms with Gasteiger partial charge in [0.25, 0.3) is 5.88 Å². The standard InChI is InChI=1S/C22H25N5O2/c1-15-8-9-17-18(14-15)23-20(21(24-17)29-3)25-22(28)27-12-10-26(11-13-27)19-7-5-4-6-16(19)2/h4-9,14H,10-13H2,1-3H3,(H,23,25,28). The first-order chi connectivity index (χ1) is 14.0. The molecule has 0 aliphatic carbocycles. The Morgan fingerprint density at radius 1 is 1.00 bits per heavy atom. The zero-order valence-electron chi connectivity index (χ0n) is 17.0. The Morgan fingerprint density at radius 2 is 1.76 bits per heavy atom. The SMILES string of the molecule is COc1nc2ccc(C)cc2nc1NC(=O)N1CCN(c2ccccc2C)CC1. The Hall–Kier alpha value is -3.35. The summed E-state index contributed by atoms with van der Waals surface area (Å²) in [6, 6.07) is 14.0. The lowest BCUT2D eigenvalue weighted by Crippen LogP contribution is -2.50. The first-order valence-corrected chi connectivity index (χ1v) is 9.74. The van der Waals surface area contributed by atoms with Crippen LogP contribution in [0.1, 0.15) is 11.1 Å². The maximum absolute atomic E-state index is 12.8. The second-order valence-electron chi connectivity index (χ2n) is 7.26. The van der Waals surface area contributed by atoms with Crippen molar-refractivity contribution in [3.8, 4) is 5.88 Å². The van der Waals surface area contributed by atoms with Gasteiger partial charge in [-0.05, 0) is 43.2 Å². The zero-order valence-corrected chi connectivity index (χ0v) is 17.0. The molecule has 0 radical (unpaired) electrons. The Kier molecular flexibility index (Phi) is 5.20. The van der Waals surface area contributed by atoms with Gasteiger partial charge < -0.3 is 14.5 Å². The van der Waals surface area contributed by atoms with E-state index in [4.69, 9.17) is 4.74 Å². The van der Waals surface area contributed by atoms with Gasteiger partial charge in [0.2, 0.25) is 0 Å². The lowest BCUT2D eigenvalue weighted by atomic mass is 10.1. The van der Waals surface area contributed by atoms with Crippen molar-refractivity contribution in [2.45, 2.75) is 13.8 Å². The number of para-hydroxylation sites is 1. The largest absolute Gasteiger partial charge is 0.478 e. The summed E-state index contributed by atoms with van der Waals surface area (Å²) in [6.45, 7) is 6.97. The quantitative estimate of drug-likeness (QED) is 0.739. The first kappa shape index (κ1) is 19.0. The van der Waals surface area contributed by atoms with Gasteiger partial charge in [-0.15, -0.1) is 0 Å². The number of aromatic nitrogens is 2. The molecular weight excluding hydrogens is 366 g/mol. The van der Waals surface area contributed by atoms with Gasteiger partial charge in [0.1, 0.15) is 0 Å². The molecule has 2 heterocycles. The topological polar surface area (TPSA) is 70.6 Å². The van der Waals surface area contributed by atoms with Crippen molar-refractivity contribution in [1.29, 1.82) is 0 Å². The van der Waals surface area contributed by atoms with Gasteiger partial charge in [0.05, 0.1) is 18.1 Å². The number of amides is 2. The van der Waals surface area contributed by atoms with Crippen molar-refractivity contribution in [2.75, 3.05) is 43.5 Å². The summed E-state index contributed by atoms with van der Waals surface area (Å²) in [5.74, 6) is 0.658. The number of piperazine rings is 1. The summed E-state index contributed by atoms with van der Waals surface area (Å²) in [4.78, 5) is 26.0. The van der Waals surface area contributed by atoms with Gasteiger partial charge >= 0.3 is 6.03 Å². The number of ether oxygens (including phenoxy) is 1. The van der Waals surface area contributed by atoms with E-state index in [1.807, 2.05) is 37.3 Å². The zero-order chi connectivity index (χ0) is 20.4. The van der Waals surface area contributed by atoms with E-state index in [0.29, 0.717) is 24.8 Å². The van der Waals surface area contributed by atoms with Crippen LogP contribution in [-0.4, -0.2) is 54.2 Å². The van der Waals surface area contributed by atoms with E-state index < -0.39 is 0 Å². The monoisotopic (exact) mass is 391 g/mol. The second-order valence-corrected chi connectivity index (χ2v) is 7.26. The van der Waals surface area contributed by atoms with Crippen molar-refractivity contribution < 1.29 is 9.53 Å². The number of anilines is 2. The third kappa shape index (κ3) is 3.94. The first-order valence-electron chi connectivity index (χ1n) is 9.74. The number of aryl methyl sites for hydroxylation is 2. The summed E-state index contributed by atoms with van der Waals surface area (Å²) in [7, 11) is 1.53. The maximum atomic E-state index is 12.8. The molecule has 1 aliphatic rings. The van der Waals surface area contributed by atoms with E-state index in [1.54, 1.807) is 4.90 Å². The van der Waals surface area contributed by atoms with Crippen LogP contribution in [-0.2, 0) is 0 Å². The Bertz CT molecular complexity index is 1040. The number of hydrogen-bond donors (Lipinski definition) is 1. The predicted octanol–water partition coefficient (Wildman–Crippen LogP) is 3.61. The fourth-order valence-electron chi connectivity index (χ4n) is 3.62. The van der Waals surface area contributed by atoms with Crippen LogP contribution in [0.25, 0.3) is 11.0 Å². The summed E-state index contributed by atoms with van der Waals surface area (Å²) >= 11 is 0. The molecule has 1 saturated heterocycles. The van der Waals surface area contributed by atoms with Crippen LogP contribution in [0.2, 0.25) is 0 Å². The summed E-state index contributed by atoms with van der Waals surface area (Å²) in [5, 5.41) is 2.88. The molecule has 1 fully saturated rings. The van der Waals surface area contributed by atoms with Crippen LogP contribution in [0.4, 0.5) is 16.3 Å². The van der Waals surface area contributed by atoms with Crippen molar-refractivity contribution >= 4 is 28.6 Å². The normalized spacial score (nSPS) is 14.2. The van der Waals surface area contributed by atoms with E-state index >= 15 is 0 Å². The van der Waals surface area contributed by atoms with E-state index in [2.05, 4.69) is 39.2 Å². The number of urea groups is 1. The van der Waals surface area contributed by atoms with E-state index in [1.165, 1.54) is 18.4 Å². The predicted molar refractivity (Wildman–Crippen MR) is 115 cm³/mol. The number of nitrogens with zero attached hydrogens (tertiary/aromatic N) is 4. The fraction of sp³-hybridized carbons (Fsp3) is 0.318. The molecule has 150 valence electrons. The van der Waals surface area contributed by atoms with Crippen LogP contribution in [0, 0.1) is 13.8 Å². The van der Waals surface area contributed by atoms with Crippen molar-refractivity contribution in [1.82, 2.24) is 14.9 Å². The molecule has 2 amide bonds. The van der Waals surface area contributed by atoms with Crippen LogP contribution in [0.15, 0.2) is 42.5 Å². The van der Waals surface area contributed by atoms with Crippen LogP contribution in [0.5, 0.6) is 5.88 Å². The van der Waals surface area contributed by atoms with E-state index in [9.17, 15) is 4.79 Å². The van der Waals surface area contributed by atoms with Crippen LogP contribution < -0.4 is 15.0 Å². The number of carbonyl (C=O) groups is 1. The Balaban J connectivity index is 1.47. The molecule has 29 heavy (non-hydrogen) atoms. The lowest BCUT2D eigenvalue weighted by Gasteiger charge is -2.36. The third-order valence-corrected chi connectivity index (χ3v) is 5.23. The van der Waals surface area contributed by atoms with Gasteiger partial charge in [-0.3, -0.25) is 5.32 Å². The Labute approximate surface area is 170 Å².